The first-order valence-electron chi connectivity index (χ1n) is 21.2. The summed E-state index contributed by atoms with van der Waals surface area (Å²) in [7, 11) is 0. The van der Waals surface area contributed by atoms with Gasteiger partial charge in [-0.15, -0.1) is 0 Å². The summed E-state index contributed by atoms with van der Waals surface area (Å²) in [5, 5.41) is 2.48. The molecule has 288 valence electrons. The lowest BCUT2D eigenvalue weighted by Gasteiger charge is -2.30. The van der Waals surface area contributed by atoms with Crippen LogP contribution in [0.5, 0.6) is 0 Å². The largest absolute Gasteiger partial charge is 0.309 e. The van der Waals surface area contributed by atoms with Gasteiger partial charge in [0.2, 0.25) is 0 Å². The maximum absolute atomic E-state index is 5.30. The minimum absolute atomic E-state index is 0.534. The molecule has 0 amide bonds. The van der Waals surface area contributed by atoms with Crippen molar-refractivity contribution in [1.29, 1.82) is 0 Å². The molecule has 11 aromatic rings. The highest BCUT2D eigenvalue weighted by atomic mass is 15.0. The van der Waals surface area contributed by atoms with Gasteiger partial charge in [-0.1, -0.05) is 188 Å². The van der Waals surface area contributed by atoms with Gasteiger partial charge < -0.3 is 4.57 Å². The Morgan fingerprint density at radius 2 is 0.806 bits per heavy atom. The average molecular weight is 789 g/mol. The molecule has 0 bridgehead atoms. The highest BCUT2D eigenvalue weighted by molar-refractivity contribution is 6.10. The summed E-state index contributed by atoms with van der Waals surface area (Å²) < 4.78 is 2.39. The SMILES string of the molecule is c1ccc(-c2nc(-c3ccccc3)nc(-c3cccc4c3-c3cc(-c5ccc6c7ccccc7n(-c7ccccc7)c6c5)ccc3C43c4ccccc4-c4ccccc43)n2)cc1. The Bertz CT molecular complexity index is 3470. The second kappa shape index (κ2) is 13.4. The average Bonchev–Trinajstić information content (AvgIpc) is 3.96. The van der Waals surface area contributed by atoms with E-state index in [4.69, 9.17) is 15.0 Å². The van der Waals surface area contributed by atoms with E-state index in [-0.39, 0.29) is 0 Å². The Morgan fingerprint density at radius 1 is 0.306 bits per heavy atom. The molecule has 13 rings (SSSR count). The van der Waals surface area contributed by atoms with Gasteiger partial charge in [-0.3, -0.25) is 0 Å². The number of rotatable bonds is 5. The summed E-state index contributed by atoms with van der Waals surface area (Å²) in [6.45, 7) is 0. The van der Waals surface area contributed by atoms with Crippen LogP contribution < -0.4 is 0 Å². The summed E-state index contributed by atoms with van der Waals surface area (Å²) in [5.41, 5.74) is 18.1. The molecule has 4 heteroatoms. The molecule has 0 saturated carbocycles. The third-order valence-electron chi connectivity index (χ3n) is 13.1. The summed E-state index contributed by atoms with van der Waals surface area (Å²) in [5.74, 6) is 1.94. The van der Waals surface area contributed by atoms with E-state index in [1.54, 1.807) is 0 Å². The van der Waals surface area contributed by atoms with Crippen molar-refractivity contribution in [3.63, 3.8) is 0 Å². The minimum atomic E-state index is -0.534. The molecule has 0 aliphatic heterocycles. The zero-order valence-corrected chi connectivity index (χ0v) is 33.6. The van der Waals surface area contributed by atoms with Crippen LogP contribution in [0.15, 0.2) is 218 Å². The lowest BCUT2D eigenvalue weighted by atomic mass is 9.70. The van der Waals surface area contributed by atoms with E-state index in [1.165, 1.54) is 60.8 Å². The molecule has 62 heavy (non-hydrogen) atoms. The number of hydrogen-bond acceptors (Lipinski definition) is 3. The highest BCUT2D eigenvalue weighted by Crippen LogP contribution is 2.64. The lowest BCUT2D eigenvalue weighted by molar-refractivity contribution is 0.794. The van der Waals surface area contributed by atoms with E-state index in [2.05, 4.69) is 187 Å². The summed E-state index contributed by atoms with van der Waals surface area (Å²) in [4.78, 5) is 15.7. The zero-order chi connectivity index (χ0) is 40.8. The monoisotopic (exact) mass is 788 g/mol. The van der Waals surface area contributed by atoms with Gasteiger partial charge >= 0.3 is 0 Å². The van der Waals surface area contributed by atoms with Crippen LogP contribution in [0.3, 0.4) is 0 Å². The van der Waals surface area contributed by atoms with Gasteiger partial charge in [0.25, 0.3) is 0 Å². The first kappa shape index (κ1) is 34.6. The van der Waals surface area contributed by atoms with Crippen molar-refractivity contribution in [3.8, 4) is 73.2 Å². The first-order chi connectivity index (χ1) is 30.8. The lowest BCUT2D eigenvalue weighted by Crippen LogP contribution is -2.25. The van der Waals surface area contributed by atoms with Crippen LogP contribution in [0, 0.1) is 0 Å². The number of aromatic nitrogens is 4. The number of hydrogen-bond donors (Lipinski definition) is 0. The molecule has 2 aromatic heterocycles. The highest BCUT2D eigenvalue weighted by Gasteiger charge is 2.52. The van der Waals surface area contributed by atoms with Gasteiger partial charge in [-0.05, 0) is 86.0 Å². The number of para-hydroxylation sites is 2. The quantitative estimate of drug-likeness (QED) is 0.174. The molecule has 0 saturated heterocycles. The van der Waals surface area contributed by atoms with Crippen LogP contribution in [-0.2, 0) is 5.41 Å². The molecule has 0 unspecified atom stereocenters. The molecule has 0 N–H and O–H groups in total. The van der Waals surface area contributed by atoms with Crippen LogP contribution in [0.4, 0.5) is 0 Å². The van der Waals surface area contributed by atoms with Crippen molar-refractivity contribution in [1.82, 2.24) is 19.5 Å². The number of benzene rings is 9. The van der Waals surface area contributed by atoms with Gasteiger partial charge in [0.05, 0.1) is 16.4 Å². The fourth-order valence-corrected chi connectivity index (χ4v) is 10.5. The normalized spacial score (nSPS) is 13.0. The zero-order valence-electron chi connectivity index (χ0n) is 33.6. The molecular formula is C58H36N4. The maximum atomic E-state index is 5.30. The second-order valence-corrected chi connectivity index (χ2v) is 16.3. The summed E-state index contributed by atoms with van der Waals surface area (Å²) in [6.07, 6.45) is 0. The Hall–Kier alpha value is -8.21. The molecule has 0 atom stereocenters. The Labute approximate surface area is 359 Å². The van der Waals surface area contributed by atoms with Crippen LogP contribution in [0.25, 0.3) is 95.0 Å². The molecule has 2 heterocycles. The van der Waals surface area contributed by atoms with E-state index < -0.39 is 5.41 Å². The Balaban J connectivity index is 1.09. The number of nitrogens with zero attached hydrogens (tertiary/aromatic N) is 4. The Morgan fingerprint density at radius 3 is 1.50 bits per heavy atom. The third-order valence-corrected chi connectivity index (χ3v) is 13.1. The van der Waals surface area contributed by atoms with Crippen LogP contribution in [-0.4, -0.2) is 19.5 Å². The summed E-state index contributed by atoms with van der Waals surface area (Å²) >= 11 is 0. The second-order valence-electron chi connectivity index (χ2n) is 16.3. The van der Waals surface area contributed by atoms with Crippen molar-refractivity contribution < 1.29 is 0 Å². The molecule has 4 nitrogen and oxygen atoms in total. The Kier molecular flexibility index (Phi) is 7.49. The van der Waals surface area contributed by atoms with Crippen LogP contribution in [0.1, 0.15) is 22.3 Å². The van der Waals surface area contributed by atoms with Gasteiger partial charge in [-0.2, -0.15) is 0 Å². The van der Waals surface area contributed by atoms with E-state index in [9.17, 15) is 0 Å². The molecule has 1 spiro atoms. The first-order valence-corrected chi connectivity index (χ1v) is 21.2. The number of fused-ring (bicyclic) bond motifs is 13. The third kappa shape index (κ3) is 4.92. The van der Waals surface area contributed by atoms with Crippen molar-refractivity contribution in [2.24, 2.45) is 0 Å². The van der Waals surface area contributed by atoms with E-state index in [0.29, 0.717) is 17.5 Å². The van der Waals surface area contributed by atoms with Crippen molar-refractivity contribution >= 4 is 21.8 Å². The topological polar surface area (TPSA) is 43.6 Å². The standard InChI is InChI=1S/C58H36N4/c1-4-17-37(18-5-1)55-59-56(38-19-6-2-7-20-38)61-57(60-55)46-26-16-29-51-54(46)47-35-39(32-34-50(47)58(51)48-27-13-10-23-42(48)43-24-11-14-28-49(43)58)40-31-33-45-44-25-12-15-30-52(44)62(53(45)36-40)41-21-8-3-9-22-41/h1-36H. The van der Waals surface area contributed by atoms with Crippen molar-refractivity contribution in [2.75, 3.05) is 0 Å². The van der Waals surface area contributed by atoms with E-state index >= 15 is 0 Å². The minimum Gasteiger partial charge on any atom is -0.309 e. The molecule has 9 aromatic carbocycles. The van der Waals surface area contributed by atoms with Crippen LogP contribution >= 0.6 is 0 Å². The molecule has 2 aliphatic rings. The fourth-order valence-electron chi connectivity index (χ4n) is 10.5. The van der Waals surface area contributed by atoms with Gasteiger partial charge in [0, 0.05) is 33.2 Å². The predicted molar refractivity (Wildman–Crippen MR) is 252 cm³/mol. The summed E-state index contributed by atoms with van der Waals surface area (Å²) in [6, 6.07) is 78.6. The van der Waals surface area contributed by atoms with Gasteiger partial charge in [0.15, 0.2) is 17.5 Å². The van der Waals surface area contributed by atoms with Crippen LogP contribution in [0.2, 0.25) is 0 Å². The predicted octanol–water partition coefficient (Wildman–Crippen LogP) is 14.0. The van der Waals surface area contributed by atoms with Crippen molar-refractivity contribution in [3.05, 3.63) is 241 Å². The van der Waals surface area contributed by atoms with E-state index in [1.807, 2.05) is 36.4 Å². The molecule has 2 aliphatic carbocycles. The fraction of sp³-hybridized carbons (Fsp3) is 0.0172. The molecule has 0 radical (unpaired) electrons. The van der Waals surface area contributed by atoms with E-state index in [0.717, 1.165) is 39.1 Å². The smallest absolute Gasteiger partial charge is 0.164 e. The van der Waals surface area contributed by atoms with Gasteiger partial charge in [0.1, 0.15) is 0 Å². The van der Waals surface area contributed by atoms with Gasteiger partial charge in [-0.25, -0.2) is 15.0 Å². The maximum Gasteiger partial charge on any atom is 0.164 e. The molecule has 0 fully saturated rings. The van der Waals surface area contributed by atoms with Crippen molar-refractivity contribution in [2.45, 2.75) is 5.41 Å². The molecular weight excluding hydrogens is 753 g/mol.